The van der Waals surface area contributed by atoms with Gasteiger partial charge < -0.3 is 10.1 Å². The van der Waals surface area contributed by atoms with Gasteiger partial charge in [0.1, 0.15) is 5.75 Å². The van der Waals surface area contributed by atoms with Gasteiger partial charge in [-0.2, -0.15) is 0 Å². The average Bonchev–Trinajstić information content (AvgIpc) is 2.42. The molecule has 1 aromatic heterocycles. The van der Waals surface area contributed by atoms with Gasteiger partial charge in [0.15, 0.2) is 11.6 Å². The van der Waals surface area contributed by atoms with Crippen molar-refractivity contribution in [3.63, 3.8) is 0 Å². The Morgan fingerprint density at radius 2 is 2.16 bits per heavy atom. The lowest BCUT2D eigenvalue weighted by molar-refractivity contribution is 0.410. The van der Waals surface area contributed by atoms with E-state index in [2.05, 4.69) is 26.2 Å². The monoisotopic (exact) mass is 324 g/mol. The Bertz CT molecular complexity index is 563. The molecule has 5 heteroatoms. The van der Waals surface area contributed by atoms with Crippen LogP contribution in [0.25, 0.3) is 0 Å². The van der Waals surface area contributed by atoms with Gasteiger partial charge in [0.25, 0.3) is 0 Å². The Morgan fingerprint density at radius 3 is 2.89 bits per heavy atom. The molecule has 0 radical (unpaired) electrons. The van der Waals surface area contributed by atoms with Crippen LogP contribution in [-0.4, -0.2) is 18.6 Å². The van der Waals surface area contributed by atoms with E-state index < -0.39 is 0 Å². The van der Waals surface area contributed by atoms with Crippen molar-refractivity contribution < 1.29 is 9.13 Å². The molecule has 19 heavy (non-hydrogen) atoms. The standard InChI is InChI=1S/C14H14BrFN2O/c1-19-13-5-3-2-4-10(13)6-7-17-14-12(16)8-11(15)9-18-14/h2-5,8-9H,6-7H2,1H3,(H,17,18). The van der Waals surface area contributed by atoms with Crippen molar-refractivity contribution in [2.75, 3.05) is 19.0 Å². The van der Waals surface area contributed by atoms with Crippen molar-refractivity contribution in [3.05, 3.63) is 52.4 Å². The molecule has 0 saturated carbocycles. The van der Waals surface area contributed by atoms with Crippen LogP contribution in [0, 0.1) is 5.82 Å². The van der Waals surface area contributed by atoms with Crippen molar-refractivity contribution in [2.45, 2.75) is 6.42 Å². The average molecular weight is 325 g/mol. The van der Waals surface area contributed by atoms with E-state index in [0.29, 0.717) is 11.0 Å². The molecule has 0 spiro atoms. The summed E-state index contributed by atoms with van der Waals surface area (Å²) in [7, 11) is 1.64. The van der Waals surface area contributed by atoms with E-state index in [1.54, 1.807) is 13.3 Å². The minimum absolute atomic E-state index is 0.262. The first kappa shape index (κ1) is 13.8. The number of nitrogens with zero attached hydrogens (tertiary/aromatic N) is 1. The fourth-order valence-electron chi connectivity index (χ4n) is 1.77. The summed E-state index contributed by atoms with van der Waals surface area (Å²) in [4.78, 5) is 3.99. The zero-order valence-corrected chi connectivity index (χ0v) is 12.1. The fourth-order valence-corrected chi connectivity index (χ4v) is 2.07. The molecule has 0 saturated heterocycles. The zero-order valence-electron chi connectivity index (χ0n) is 10.5. The lowest BCUT2D eigenvalue weighted by Gasteiger charge is -2.09. The Hall–Kier alpha value is -1.62. The molecule has 0 aliphatic heterocycles. The number of halogens is 2. The summed E-state index contributed by atoms with van der Waals surface area (Å²) >= 11 is 3.17. The topological polar surface area (TPSA) is 34.1 Å². The molecule has 0 fully saturated rings. The van der Waals surface area contributed by atoms with Gasteiger partial charge in [-0.25, -0.2) is 9.37 Å². The largest absolute Gasteiger partial charge is 0.496 e. The lowest BCUT2D eigenvalue weighted by atomic mass is 10.1. The van der Waals surface area contributed by atoms with E-state index in [9.17, 15) is 4.39 Å². The van der Waals surface area contributed by atoms with Crippen molar-refractivity contribution in [3.8, 4) is 5.75 Å². The SMILES string of the molecule is COc1ccccc1CCNc1ncc(Br)cc1F. The van der Waals surface area contributed by atoms with Crippen molar-refractivity contribution in [2.24, 2.45) is 0 Å². The van der Waals surface area contributed by atoms with Crippen LogP contribution < -0.4 is 10.1 Å². The van der Waals surface area contributed by atoms with E-state index in [1.165, 1.54) is 6.07 Å². The highest BCUT2D eigenvalue weighted by Crippen LogP contribution is 2.19. The van der Waals surface area contributed by atoms with Gasteiger partial charge in [0.2, 0.25) is 0 Å². The molecule has 1 aromatic carbocycles. The molecule has 2 aromatic rings. The normalized spacial score (nSPS) is 10.3. The van der Waals surface area contributed by atoms with Crippen molar-refractivity contribution >= 4 is 21.7 Å². The molecule has 0 unspecified atom stereocenters. The number of benzene rings is 1. The smallest absolute Gasteiger partial charge is 0.166 e. The number of ether oxygens (including phenoxy) is 1. The third kappa shape index (κ3) is 3.67. The first-order chi connectivity index (χ1) is 9.20. The Kier molecular flexibility index (Phi) is 4.74. The summed E-state index contributed by atoms with van der Waals surface area (Å²) < 4.78 is 19.4. The van der Waals surface area contributed by atoms with E-state index in [-0.39, 0.29) is 11.6 Å². The highest BCUT2D eigenvalue weighted by atomic mass is 79.9. The molecule has 0 aliphatic rings. The van der Waals surface area contributed by atoms with Crippen molar-refractivity contribution in [1.29, 1.82) is 0 Å². The highest BCUT2D eigenvalue weighted by Gasteiger charge is 2.05. The molecule has 100 valence electrons. The number of methoxy groups -OCH3 is 1. The van der Waals surface area contributed by atoms with Gasteiger partial charge in [0, 0.05) is 17.2 Å². The molecule has 0 atom stereocenters. The molecular formula is C14H14BrFN2O. The molecule has 1 N–H and O–H groups in total. The van der Waals surface area contributed by atoms with Crippen LogP contribution in [-0.2, 0) is 6.42 Å². The summed E-state index contributed by atoms with van der Waals surface area (Å²) in [5, 5.41) is 2.98. The number of anilines is 1. The maximum Gasteiger partial charge on any atom is 0.166 e. The van der Waals surface area contributed by atoms with Crippen LogP contribution in [0.1, 0.15) is 5.56 Å². The van der Waals surface area contributed by atoms with Gasteiger partial charge in [-0.15, -0.1) is 0 Å². The summed E-state index contributed by atoms with van der Waals surface area (Å²) in [5.41, 5.74) is 1.08. The summed E-state index contributed by atoms with van der Waals surface area (Å²) in [6.07, 6.45) is 2.30. The predicted octanol–water partition coefficient (Wildman–Crippen LogP) is 3.65. The number of rotatable bonds is 5. The maximum absolute atomic E-state index is 13.5. The fraction of sp³-hybridized carbons (Fsp3) is 0.214. The molecule has 0 bridgehead atoms. The summed E-state index contributed by atoms with van der Waals surface area (Å²) in [5.74, 6) is 0.737. The van der Waals surface area contributed by atoms with Crippen LogP contribution >= 0.6 is 15.9 Å². The van der Waals surface area contributed by atoms with Crippen LogP contribution in [0.2, 0.25) is 0 Å². The van der Waals surface area contributed by atoms with Gasteiger partial charge >= 0.3 is 0 Å². The lowest BCUT2D eigenvalue weighted by Crippen LogP contribution is -2.08. The van der Waals surface area contributed by atoms with Crippen LogP contribution in [0.3, 0.4) is 0 Å². The first-order valence-electron chi connectivity index (χ1n) is 5.87. The van der Waals surface area contributed by atoms with Gasteiger partial charge in [0.05, 0.1) is 7.11 Å². The van der Waals surface area contributed by atoms with Gasteiger partial charge in [-0.05, 0) is 40.0 Å². The molecule has 0 aliphatic carbocycles. The second-order valence-electron chi connectivity index (χ2n) is 3.97. The van der Waals surface area contributed by atoms with Crippen LogP contribution in [0.5, 0.6) is 5.75 Å². The van der Waals surface area contributed by atoms with E-state index in [1.807, 2.05) is 24.3 Å². The number of nitrogens with one attached hydrogen (secondary N) is 1. The van der Waals surface area contributed by atoms with E-state index >= 15 is 0 Å². The number of hydrogen-bond acceptors (Lipinski definition) is 3. The van der Waals surface area contributed by atoms with E-state index in [0.717, 1.165) is 17.7 Å². The second-order valence-corrected chi connectivity index (χ2v) is 4.89. The van der Waals surface area contributed by atoms with Gasteiger partial charge in [-0.1, -0.05) is 18.2 Å². The molecule has 2 rings (SSSR count). The van der Waals surface area contributed by atoms with Crippen LogP contribution in [0.15, 0.2) is 41.0 Å². The number of para-hydroxylation sites is 1. The third-order valence-electron chi connectivity index (χ3n) is 2.69. The second kappa shape index (κ2) is 6.52. The predicted molar refractivity (Wildman–Crippen MR) is 77.1 cm³/mol. The number of pyridine rings is 1. The number of aromatic nitrogens is 1. The quantitative estimate of drug-likeness (QED) is 0.911. The summed E-state index contributed by atoms with van der Waals surface area (Å²) in [6.45, 7) is 0.589. The minimum Gasteiger partial charge on any atom is -0.496 e. The number of hydrogen-bond donors (Lipinski definition) is 1. The van der Waals surface area contributed by atoms with Crippen LogP contribution in [0.4, 0.5) is 10.2 Å². The maximum atomic E-state index is 13.5. The minimum atomic E-state index is -0.366. The Balaban J connectivity index is 1.96. The van der Waals surface area contributed by atoms with E-state index in [4.69, 9.17) is 4.74 Å². The van der Waals surface area contributed by atoms with Crippen molar-refractivity contribution in [1.82, 2.24) is 4.98 Å². The Morgan fingerprint density at radius 1 is 1.37 bits per heavy atom. The summed E-state index contributed by atoms with van der Waals surface area (Å²) in [6, 6.07) is 9.17. The molecule has 3 nitrogen and oxygen atoms in total. The molecule has 1 heterocycles. The molecular weight excluding hydrogens is 311 g/mol. The highest BCUT2D eigenvalue weighted by molar-refractivity contribution is 9.10. The first-order valence-corrected chi connectivity index (χ1v) is 6.67. The Labute approximate surface area is 119 Å². The molecule has 0 amide bonds. The zero-order chi connectivity index (χ0) is 13.7. The third-order valence-corrected chi connectivity index (χ3v) is 3.12. The van der Waals surface area contributed by atoms with Gasteiger partial charge in [-0.3, -0.25) is 0 Å².